The van der Waals surface area contributed by atoms with Gasteiger partial charge in [-0.3, -0.25) is 4.79 Å². The molecule has 0 radical (unpaired) electrons. The fourth-order valence-electron chi connectivity index (χ4n) is 4.13. The van der Waals surface area contributed by atoms with Gasteiger partial charge in [-0.15, -0.1) is 0 Å². The molecule has 2 saturated heterocycles. The number of halogens is 1. The van der Waals surface area contributed by atoms with Crippen molar-refractivity contribution in [1.82, 2.24) is 10.6 Å². The predicted octanol–water partition coefficient (Wildman–Crippen LogP) is 1.95. The number of hydrogen-bond donors (Lipinski definition) is 4. The minimum absolute atomic E-state index is 0.0809. The Bertz CT molecular complexity index is 987. The van der Waals surface area contributed by atoms with Gasteiger partial charge in [-0.2, -0.15) is 0 Å². The predicted molar refractivity (Wildman–Crippen MR) is 121 cm³/mol. The van der Waals surface area contributed by atoms with E-state index in [0.29, 0.717) is 18.7 Å². The van der Waals surface area contributed by atoms with Crippen LogP contribution in [-0.2, 0) is 20.8 Å². The molecule has 3 amide bonds. The highest BCUT2D eigenvalue weighted by atomic mass is 19.1. The molecule has 4 N–H and O–H groups in total. The summed E-state index contributed by atoms with van der Waals surface area (Å²) in [5, 5.41) is 18.6. The van der Waals surface area contributed by atoms with Gasteiger partial charge in [0.25, 0.3) is 0 Å². The lowest BCUT2D eigenvalue weighted by Crippen LogP contribution is -2.42. The van der Waals surface area contributed by atoms with E-state index in [4.69, 9.17) is 14.2 Å². The number of rotatable bonds is 8. The molecule has 2 fully saturated rings. The molecule has 9 nitrogen and oxygen atoms in total. The quantitative estimate of drug-likeness (QED) is 0.466. The molecule has 2 heterocycles. The highest BCUT2D eigenvalue weighted by Crippen LogP contribution is 2.35. The van der Waals surface area contributed by atoms with E-state index < -0.39 is 30.2 Å². The summed E-state index contributed by atoms with van der Waals surface area (Å²) in [5.41, 5.74) is 1.40. The van der Waals surface area contributed by atoms with Crippen LogP contribution in [0.5, 0.6) is 5.75 Å². The highest BCUT2D eigenvalue weighted by Gasteiger charge is 2.50. The van der Waals surface area contributed by atoms with Gasteiger partial charge in [-0.05, 0) is 42.0 Å². The summed E-state index contributed by atoms with van der Waals surface area (Å²) in [7, 11) is 1.60. The van der Waals surface area contributed by atoms with Gasteiger partial charge < -0.3 is 35.3 Å². The third kappa shape index (κ3) is 6.02. The zero-order valence-electron chi connectivity index (χ0n) is 18.7. The van der Waals surface area contributed by atoms with Crippen molar-refractivity contribution in [1.29, 1.82) is 0 Å². The normalized spacial score (nSPS) is 25.4. The molecular formula is C24H28FN3O6. The van der Waals surface area contributed by atoms with E-state index in [9.17, 15) is 19.1 Å². The Labute approximate surface area is 196 Å². The molecule has 4 rings (SSSR count). The first-order chi connectivity index (χ1) is 16.4. The van der Waals surface area contributed by atoms with Gasteiger partial charge in [0.05, 0.1) is 25.7 Å². The number of fused-ring (bicyclic) bond motifs is 1. The Morgan fingerprint density at radius 2 is 1.82 bits per heavy atom. The number of urea groups is 1. The molecule has 2 aliphatic rings. The molecule has 10 heteroatoms. The van der Waals surface area contributed by atoms with Crippen LogP contribution in [0.2, 0.25) is 0 Å². The van der Waals surface area contributed by atoms with Crippen LogP contribution in [0, 0.1) is 5.82 Å². The first kappa shape index (κ1) is 23.9. The van der Waals surface area contributed by atoms with Crippen LogP contribution in [-0.4, -0.2) is 61.2 Å². The van der Waals surface area contributed by atoms with Crippen molar-refractivity contribution < 1.29 is 33.3 Å². The van der Waals surface area contributed by atoms with Gasteiger partial charge in [-0.25, -0.2) is 9.18 Å². The molecule has 0 spiro atoms. The van der Waals surface area contributed by atoms with E-state index in [1.54, 1.807) is 7.11 Å². The Balaban J connectivity index is 1.17. The molecule has 34 heavy (non-hydrogen) atoms. The number of aliphatic hydroxyl groups excluding tert-OH is 1. The number of carbonyl (C=O) groups is 2. The number of nitrogens with one attached hydrogen (secondary N) is 3. The largest absolute Gasteiger partial charge is 0.497 e. The maximum Gasteiger partial charge on any atom is 0.319 e. The van der Waals surface area contributed by atoms with E-state index >= 15 is 0 Å². The number of aliphatic hydroxyl groups is 1. The third-order valence-electron chi connectivity index (χ3n) is 5.91. The number of ether oxygens (including phenoxy) is 3. The summed E-state index contributed by atoms with van der Waals surface area (Å²) in [5.74, 6) is 0.209. The summed E-state index contributed by atoms with van der Waals surface area (Å²) in [6.45, 7) is 0.479. The van der Waals surface area contributed by atoms with Crippen LogP contribution in [0.1, 0.15) is 18.4 Å². The molecule has 0 aromatic heterocycles. The zero-order chi connectivity index (χ0) is 24.1. The van der Waals surface area contributed by atoms with Crippen molar-refractivity contribution >= 4 is 17.6 Å². The van der Waals surface area contributed by atoms with Gasteiger partial charge in [0.1, 0.15) is 29.9 Å². The Kier molecular flexibility index (Phi) is 7.61. The van der Waals surface area contributed by atoms with Crippen molar-refractivity contribution in [2.45, 2.75) is 49.9 Å². The first-order valence-corrected chi connectivity index (χ1v) is 11.1. The molecule has 0 saturated carbocycles. The third-order valence-corrected chi connectivity index (χ3v) is 5.91. The lowest BCUT2D eigenvalue weighted by atomic mass is 10.1. The fourth-order valence-corrected chi connectivity index (χ4v) is 4.13. The number of methoxy groups -OCH3 is 1. The molecule has 2 aliphatic heterocycles. The van der Waals surface area contributed by atoms with Crippen LogP contribution in [0.4, 0.5) is 14.9 Å². The molecule has 0 bridgehead atoms. The Hall–Kier alpha value is -3.21. The van der Waals surface area contributed by atoms with Gasteiger partial charge in [0.15, 0.2) is 0 Å². The standard InChI is InChI=1S/C24H28FN3O6/c1-32-17-8-2-14(3-9-17)12-26-21(29)11-18-10-19-23(33-18)22(30)20(34-19)13-27-24(31)28-16-6-4-15(25)5-7-16/h2-9,18-20,22-23,30H,10-13H2,1H3,(H,26,29)(H2,27,28,31). The summed E-state index contributed by atoms with van der Waals surface area (Å²) in [6, 6.07) is 12.3. The molecule has 0 aliphatic carbocycles. The molecule has 5 atom stereocenters. The number of carbonyl (C=O) groups excluding carboxylic acids is 2. The Morgan fingerprint density at radius 3 is 2.50 bits per heavy atom. The maximum absolute atomic E-state index is 13.0. The summed E-state index contributed by atoms with van der Waals surface area (Å²) >= 11 is 0. The van der Waals surface area contributed by atoms with E-state index in [1.165, 1.54) is 24.3 Å². The minimum Gasteiger partial charge on any atom is -0.497 e. The van der Waals surface area contributed by atoms with Crippen molar-refractivity contribution in [3.8, 4) is 5.75 Å². The van der Waals surface area contributed by atoms with Crippen molar-refractivity contribution in [2.75, 3.05) is 19.0 Å². The number of anilines is 1. The van der Waals surface area contributed by atoms with Crippen molar-refractivity contribution in [3.63, 3.8) is 0 Å². The van der Waals surface area contributed by atoms with Crippen LogP contribution >= 0.6 is 0 Å². The molecule has 5 unspecified atom stereocenters. The van der Waals surface area contributed by atoms with Crippen LogP contribution in [0.25, 0.3) is 0 Å². The minimum atomic E-state index is -0.927. The lowest BCUT2D eigenvalue weighted by molar-refractivity contribution is -0.124. The van der Waals surface area contributed by atoms with Crippen molar-refractivity contribution in [2.24, 2.45) is 0 Å². The second-order valence-electron chi connectivity index (χ2n) is 8.33. The maximum atomic E-state index is 13.0. The van der Waals surface area contributed by atoms with Gasteiger partial charge in [0, 0.05) is 25.2 Å². The van der Waals surface area contributed by atoms with Gasteiger partial charge in [0.2, 0.25) is 5.91 Å². The average Bonchev–Trinajstić information content (AvgIpc) is 3.36. The number of amides is 3. The topological polar surface area (TPSA) is 118 Å². The van der Waals surface area contributed by atoms with Crippen LogP contribution < -0.4 is 20.7 Å². The summed E-state index contributed by atoms with van der Waals surface area (Å²) < 4.78 is 29.8. The van der Waals surface area contributed by atoms with Crippen LogP contribution in [0.15, 0.2) is 48.5 Å². The smallest absolute Gasteiger partial charge is 0.319 e. The number of benzene rings is 2. The highest BCUT2D eigenvalue weighted by molar-refractivity contribution is 5.89. The molecular weight excluding hydrogens is 445 g/mol. The average molecular weight is 474 g/mol. The zero-order valence-corrected chi connectivity index (χ0v) is 18.7. The number of hydrogen-bond acceptors (Lipinski definition) is 6. The van der Waals surface area contributed by atoms with Gasteiger partial charge in [-0.1, -0.05) is 12.1 Å². The van der Waals surface area contributed by atoms with Crippen molar-refractivity contribution in [3.05, 3.63) is 59.9 Å². The summed E-state index contributed by atoms with van der Waals surface area (Å²) in [4.78, 5) is 24.4. The Morgan fingerprint density at radius 1 is 1.09 bits per heavy atom. The van der Waals surface area contributed by atoms with E-state index in [-0.39, 0.29) is 31.1 Å². The molecule has 182 valence electrons. The monoisotopic (exact) mass is 473 g/mol. The second kappa shape index (κ2) is 10.8. The van der Waals surface area contributed by atoms with E-state index in [2.05, 4.69) is 16.0 Å². The fraction of sp³-hybridized carbons (Fsp3) is 0.417. The van der Waals surface area contributed by atoms with Crippen LogP contribution in [0.3, 0.4) is 0 Å². The van der Waals surface area contributed by atoms with E-state index in [1.807, 2.05) is 24.3 Å². The SMILES string of the molecule is COc1ccc(CNC(=O)CC2CC3OC(CNC(=O)Nc4ccc(F)cc4)C(O)C3O2)cc1. The lowest BCUT2D eigenvalue weighted by Gasteiger charge is -2.20. The molecule has 2 aromatic rings. The van der Waals surface area contributed by atoms with E-state index in [0.717, 1.165) is 11.3 Å². The second-order valence-corrected chi connectivity index (χ2v) is 8.33. The van der Waals surface area contributed by atoms with Gasteiger partial charge >= 0.3 is 6.03 Å². The molecule has 2 aromatic carbocycles. The summed E-state index contributed by atoms with van der Waals surface area (Å²) in [6.07, 6.45) is -2.15. The first-order valence-electron chi connectivity index (χ1n) is 11.1.